The largest absolute Gasteiger partial charge is 0.335 e. The Morgan fingerprint density at radius 2 is 2.00 bits per heavy atom. The lowest BCUT2D eigenvalue weighted by molar-refractivity contribution is 0.163. The van der Waals surface area contributed by atoms with Crippen LogP contribution in [0.25, 0.3) is 0 Å². The van der Waals surface area contributed by atoms with Crippen molar-refractivity contribution < 1.29 is 4.79 Å². The maximum atomic E-state index is 12.0. The number of aryl methyl sites for hydroxylation is 1. The number of nitrogens with zero attached hydrogens (tertiary/aromatic N) is 1. The molecule has 1 heterocycles. The maximum Gasteiger partial charge on any atom is 0.319 e. The van der Waals surface area contributed by atoms with E-state index in [-0.39, 0.29) is 12.1 Å². The summed E-state index contributed by atoms with van der Waals surface area (Å²) in [5, 5.41) is 6.55. The number of carbonyl (C=O) groups is 1. The Morgan fingerprint density at radius 1 is 1.33 bits per heavy atom. The molecule has 2 N–H and O–H groups in total. The van der Waals surface area contributed by atoms with Crippen LogP contribution in [-0.2, 0) is 0 Å². The normalized spacial score (nSPS) is 17.0. The zero-order chi connectivity index (χ0) is 15.4. The first kappa shape index (κ1) is 16.1. The number of hydrogen-bond acceptors (Lipinski definition) is 2. The van der Waals surface area contributed by atoms with E-state index >= 15 is 0 Å². The quantitative estimate of drug-likeness (QED) is 0.895. The molecule has 0 aliphatic carbocycles. The minimum atomic E-state index is -0.155. The van der Waals surface area contributed by atoms with Gasteiger partial charge in [-0.2, -0.15) is 0 Å². The molecule has 1 aromatic carbocycles. The summed E-state index contributed by atoms with van der Waals surface area (Å²) in [6.07, 6.45) is 2.00. The highest BCUT2D eigenvalue weighted by Gasteiger charge is 2.21. The number of urea groups is 1. The van der Waals surface area contributed by atoms with Gasteiger partial charge in [0.15, 0.2) is 0 Å². The molecule has 1 saturated heterocycles. The molecule has 5 heteroatoms. The summed E-state index contributed by atoms with van der Waals surface area (Å²) < 4.78 is 0. The lowest BCUT2D eigenvalue weighted by Crippen LogP contribution is -2.47. The fourth-order valence-electron chi connectivity index (χ4n) is 2.58. The Bertz CT molecular complexity index is 496. The zero-order valence-electron chi connectivity index (χ0n) is 12.9. The van der Waals surface area contributed by atoms with E-state index < -0.39 is 0 Å². The van der Waals surface area contributed by atoms with Crippen molar-refractivity contribution in [1.29, 1.82) is 0 Å². The van der Waals surface area contributed by atoms with E-state index in [1.54, 1.807) is 6.07 Å². The van der Waals surface area contributed by atoms with Gasteiger partial charge in [0.25, 0.3) is 0 Å². The number of anilines is 1. The average Bonchev–Trinajstić information content (AvgIpc) is 2.43. The Labute approximate surface area is 131 Å². The Morgan fingerprint density at radius 3 is 2.57 bits per heavy atom. The number of carbonyl (C=O) groups excluding carboxylic acids is 1. The molecule has 1 aliphatic rings. The van der Waals surface area contributed by atoms with Gasteiger partial charge in [-0.25, -0.2) is 4.79 Å². The third-order valence-corrected chi connectivity index (χ3v) is 4.43. The first-order valence-corrected chi connectivity index (χ1v) is 7.91. The van der Waals surface area contributed by atoms with Crippen LogP contribution in [0.5, 0.6) is 0 Å². The second-order valence-corrected chi connectivity index (χ2v) is 6.37. The number of amides is 2. The summed E-state index contributed by atoms with van der Waals surface area (Å²) in [5.41, 5.74) is 1.73. The van der Waals surface area contributed by atoms with Crippen LogP contribution in [0.4, 0.5) is 10.5 Å². The second kappa shape index (κ2) is 7.14. The highest BCUT2D eigenvalue weighted by Crippen LogP contribution is 2.20. The number of halogens is 1. The van der Waals surface area contributed by atoms with Crippen LogP contribution >= 0.6 is 11.6 Å². The number of piperidine rings is 1. The van der Waals surface area contributed by atoms with Crippen molar-refractivity contribution in [2.75, 3.05) is 18.4 Å². The van der Waals surface area contributed by atoms with E-state index in [1.165, 1.54) is 0 Å². The van der Waals surface area contributed by atoms with Crippen LogP contribution in [0, 0.1) is 6.92 Å². The molecule has 0 radical (unpaired) electrons. The van der Waals surface area contributed by atoms with E-state index in [2.05, 4.69) is 29.4 Å². The molecule has 1 aliphatic heterocycles. The third-order valence-electron chi connectivity index (χ3n) is 4.02. The monoisotopic (exact) mass is 309 g/mol. The topological polar surface area (TPSA) is 44.4 Å². The summed E-state index contributed by atoms with van der Waals surface area (Å²) in [7, 11) is 0. The Balaban J connectivity index is 1.81. The molecule has 0 aromatic heterocycles. The standard InChI is InChI=1S/C16H24ClN3O/c1-11(2)20-8-6-13(7-9-20)18-16(21)19-14-5-4-12(3)15(17)10-14/h4-5,10-11,13H,6-9H2,1-3H3,(H2,18,19,21). The third kappa shape index (κ3) is 4.61. The molecule has 0 bridgehead atoms. The number of benzene rings is 1. The fourth-order valence-corrected chi connectivity index (χ4v) is 2.76. The summed E-state index contributed by atoms with van der Waals surface area (Å²) in [4.78, 5) is 14.5. The van der Waals surface area contributed by atoms with Crippen LogP contribution in [0.3, 0.4) is 0 Å². The van der Waals surface area contributed by atoms with Crippen LogP contribution < -0.4 is 10.6 Å². The van der Waals surface area contributed by atoms with Gasteiger partial charge in [-0.3, -0.25) is 0 Å². The van der Waals surface area contributed by atoms with Gasteiger partial charge in [0.2, 0.25) is 0 Å². The summed E-state index contributed by atoms with van der Waals surface area (Å²) in [6, 6.07) is 6.22. The molecule has 21 heavy (non-hydrogen) atoms. The van der Waals surface area contributed by atoms with Gasteiger partial charge in [0.05, 0.1) is 0 Å². The van der Waals surface area contributed by atoms with Crippen molar-refractivity contribution in [2.45, 2.75) is 45.7 Å². The van der Waals surface area contributed by atoms with Crippen molar-refractivity contribution >= 4 is 23.3 Å². The minimum Gasteiger partial charge on any atom is -0.335 e. The number of nitrogens with one attached hydrogen (secondary N) is 2. The van der Waals surface area contributed by atoms with Crippen LogP contribution in [0.15, 0.2) is 18.2 Å². The summed E-state index contributed by atoms with van der Waals surface area (Å²) in [5.74, 6) is 0. The predicted molar refractivity (Wildman–Crippen MR) is 88.1 cm³/mol. The summed E-state index contributed by atoms with van der Waals surface area (Å²) >= 11 is 6.06. The SMILES string of the molecule is Cc1ccc(NC(=O)NC2CCN(C(C)C)CC2)cc1Cl. The highest BCUT2D eigenvalue weighted by atomic mass is 35.5. The molecule has 116 valence electrons. The molecule has 0 unspecified atom stereocenters. The van der Waals surface area contributed by atoms with Crippen molar-refractivity contribution in [3.63, 3.8) is 0 Å². The van der Waals surface area contributed by atoms with Crippen molar-refractivity contribution in [3.05, 3.63) is 28.8 Å². The minimum absolute atomic E-state index is 0.155. The number of likely N-dealkylation sites (tertiary alicyclic amines) is 1. The summed E-state index contributed by atoms with van der Waals surface area (Å²) in [6.45, 7) is 8.44. The molecule has 1 fully saturated rings. The molecule has 2 rings (SSSR count). The number of hydrogen-bond donors (Lipinski definition) is 2. The number of rotatable bonds is 3. The first-order chi connectivity index (χ1) is 9.95. The molecular formula is C16H24ClN3O. The average molecular weight is 310 g/mol. The van der Waals surface area contributed by atoms with Gasteiger partial charge in [0.1, 0.15) is 0 Å². The molecule has 2 amide bonds. The predicted octanol–water partition coefficient (Wildman–Crippen LogP) is 3.64. The van der Waals surface area contributed by atoms with Crippen LogP contribution in [-0.4, -0.2) is 36.1 Å². The highest BCUT2D eigenvalue weighted by molar-refractivity contribution is 6.31. The molecule has 1 aromatic rings. The van der Waals surface area contributed by atoms with Gasteiger partial charge >= 0.3 is 6.03 Å². The van der Waals surface area contributed by atoms with Crippen molar-refractivity contribution in [3.8, 4) is 0 Å². The molecule has 0 saturated carbocycles. The maximum absolute atomic E-state index is 12.0. The van der Waals surface area contributed by atoms with Gasteiger partial charge in [0, 0.05) is 35.9 Å². The smallest absolute Gasteiger partial charge is 0.319 e. The zero-order valence-corrected chi connectivity index (χ0v) is 13.7. The fraction of sp³-hybridized carbons (Fsp3) is 0.562. The second-order valence-electron chi connectivity index (χ2n) is 5.97. The van der Waals surface area contributed by atoms with Gasteiger partial charge in [-0.05, 0) is 51.3 Å². The molecule has 4 nitrogen and oxygen atoms in total. The van der Waals surface area contributed by atoms with Crippen molar-refractivity contribution in [1.82, 2.24) is 10.2 Å². The van der Waals surface area contributed by atoms with E-state index in [1.807, 2.05) is 19.1 Å². The lowest BCUT2D eigenvalue weighted by Gasteiger charge is -2.34. The Hall–Kier alpha value is -1.26. The van der Waals surface area contributed by atoms with E-state index in [4.69, 9.17) is 11.6 Å². The van der Waals surface area contributed by atoms with Gasteiger partial charge in [-0.1, -0.05) is 17.7 Å². The van der Waals surface area contributed by atoms with E-state index in [0.29, 0.717) is 11.1 Å². The van der Waals surface area contributed by atoms with Gasteiger partial charge < -0.3 is 15.5 Å². The van der Waals surface area contributed by atoms with E-state index in [9.17, 15) is 4.79 Å². The molecule has 0 atom stereocenters. The Kier molecular flexibility index (Phi) is 5.48. The molecule has 0 spiro atoms. The van der Waals surface area contributed by atoms with E-state index in [0.717, 1.165) is 37.2 Å². The van der Waals surface area contributed by atoms with Gasteiger partial charge in [-0.15, -0.1) is 0 Å². The lowest BCUT2D eigenvalue weighted by atomic mass is 10.0. The van der Waals surface area contributed by atoms with Crippen molar-refractivity contribution in [2.24, 2.45) is 0 Å². The molecular weight excluding hydrogens is 286 g/mol. The van der Waals surface area contributed by atoms with Crippen LogP contribution in [0.2, 0.25) is 5.02 Å². The first-order valence-electron chi connectivity index (χ1n) is 7.53. The van der Waals surface area contributed by atoms with Crippen LogP contribution in [0.1, 0.15) is 32.3 Å².